The van der Waals surface area contributed by atoms with E-state index in [0.29, 0.717) is 0 Å². The Labute approximate surface area is 129 Å². The molecule has 2 aromatic carbocycles. The molecule has 0 saturated carbocycles. The predicted octanol–water partition coefficient (Wildman–Crippen LogP) is 4.74. The number of nitrogens with two attached hydrogens (primary N) is 1. The summed E-state index contributed by atoms with van der Waals surface area (Å²) in [5, 5.41) is 3.41. The highest BCUT2D eigenvalue weighted by Gasteiger charge is 2.13. The fraction of sp³-hybridized carbons (Fsp3) is 0.222. The SMILES string of the molecule is CCCOc1ccc(C(N)c2csc3ccccc23)cc1. The van der Waals surface area contributed by atoms with Crippen molar-refractivity contribution >= 4 is 21.4 Å². The molecule has 0 aliphatic heterocycles. The first kappa shape index (κ1) is 14.1. The summed E-state index contributed by atoms with van der Waals surface area (Å²) in [4.78, 5) is 0. The summed E-state index contributed by atoms with van der Waals surface area (Å²) in [6.07, 6.45) is 1.02. The Morgan fingerprint density at radius 1 is 1.10 bits per heavy atom. The van der Waals surface area contributed by atoms with Crippen LogP contribution in [0.25, 0.3) is 10.1 Å². The highest BCUT2D eigenvalue weighted by atomic mass is 32.1. The van der Waals surface area contributed by atoms with Gasteiger partial charge in [0.2, 0.25) is 0 Å². The van der Waals surface area contributed by atoms with Crippen LogP contribution in [0.3, 0.4) is 0 Å². The Hall–Kier alpha value is -1.84. The van der Waals surface area contributed by atoms with Crippen LogP contribution in [0.2, 0.25) is 0 Å². The first-order valence-corrected chi connectivity index (χ1v) is 8.12. The van der Waals surface area contributed by atoms with Gasteiger partial charge in [-0.1, -0.05) is 37.3 Å². The van der Waals surface area contributed by atoms with Crippen molar-refractivity contribution in [2.45, 2.75) is 19.4 Å². The molecule has 21 heavy (non-hydrogen) atoms. The maximum absolute atomic E-state index is 6.44. The van der Waals surface area contributed by atoms with Crippen molar-refractivity contribution in [2.24, 2.45) is 5.73 Å². The Morgan fingerprint density at radius 2 is 1.86 bits per heavy atom. The van der Waals surface area contributed by atoms with Crippen LogP contribution in [0.4, 0.5) is 0 Å². The molecule has 3 heteroatoms. The Bertz CT molecular complexity index is 717. The lowest BCUT2D eigenvalue weighted by molar-refractivity contribution is 0.317. The summed E-state index contributed by atoms with van der Waals surface area (Å²) in [6.45, 7) is 2.85. The van der Waals surface area contributed by atoms with Gasteiger partial charge in [0.05, 0.1) is 12.6 Å². The van der Waals surface area contributed by atoms with Gasteiger partial charge in [-0.25, -0.2) is 0 Å². The summed E-state index contributed by atoms with van der Waals surface area (Å²) in [7, 11) is 0. The Morgan fingerprint density at radius 3 is 2.62 bits per heavy atom. The van der Waals surface area contributed by atoms with Crippen molar-refractivity contribution < 1.29 is 4.74 Å². The molecule has 1 atom stereocenters. The second kappa shape index (κ2) is 6.29. The maximum Gasteiger partial charge on any atom is 0.119 e. The molecule has 3 rings (SSSR count). The first-order valence-electron chi connectivity index (χ1n) is 7.24. The molecular formula is C18H19NOS. The van der Waals surface area contributed by atoms with Gasteiger partial charge in [0.15, 0.2) is 0 Å². The van der Waals surface area contributed by atoms with Gasteiger partial charge in [0.1, 0.15) is 5.75 Å². The lowest BCUT2D eigenvalue weighted by atomic mass is 9.99. The van der Waals surface area contributed by atoms with Gasteiger partial charge in [-0.15, -0.1) is 11.3 Å². The molecule has 0 amide bonds. The van der Waals surface area contributed by atoms with Crippen LogP contribution in [-0.4, -0.2) is 6.61 Å². The minimum Gasteiger partial charge on any atom is -0.494 e. The van der Waals surface area contributed by atoms with E-state index in [2.05, 4.69) is 48.7 Å². The maximum atomic E-state index is 6.44. The normalized spacial score (nSPS) is 12.5. The Kier molecular flexibility index (Phi) is 4.23. The minimum atomic E-state index is -0.0959. The molecule has 0 aliphatic carbocycles. The highest BCUT2D eigenvalue weighted by molar-refractivity contribution is 7.17. The number of benzene rings is 2. The van der Waals surface area contributed by atoms with Crippen molar-refractivity contribution in [2.75, 3.05) is 6.61 Å². The van der Waals surface area contributed by atoms with E-state index in [1.54, 1.807) is 11.3 Å². The number of thiophene rings is 1. The van der Waals surface area contributed by atoms with Crippen LogP contribution in [0.15, 0.2) is 53.9 Å². The van der Waals surface area contributed by atoms with Crippen molar-refractivity contribution in [1.82, 2.24) is 0 Å². The Balaban J connectivity index is 1.86. The molecule has 108 valence electrons. The summed E-state index contributed by atoms with van der Waals surface area (Å²) in [6, 6.07) is 16.4. The fourth-order valence-corrected chi connectivity index (χ4v) is 3.41. The van der Waals surface area contributed by atoms with Crippen LogP contribution in [0.5, 0.6) is 5.75 Å². The standard InChI is InChI=1S/C18H19NOS/c1-2-11-20-14-9-7-13(8-10-14)18(19)16-12-21-17-6-4-3-5-15(16)17/h3-10,12,18H,2,11,19H2,1H3. The zero-order chi connectivity index (χ0) is 14.7. The molecule has 3 aromatic rings. The average molecular weight is 297 g/mol. The number of hydrogen-bond acceptors (Lipinski definition) is 3. The third-order valence-electron chi connectivity index (χ3n) is 3.56. The van der Waals surface area contributed by atoms with E-state index in [0.717, 1.165) is 24.3 Å². The number of rotatable bonds is 5. The van der Waals surface area contributed by atoms with E-state index >= 15 is 0 Å². The average Bonchev–Trinajstić information content (AvgIpc) is 2.97. The van der Waals surface area contributed by atoms with Crippen molar-refractivity contribution in [3.8, 4) is 5.75 Å². The molecule has 0 aliphatic rings. The number of hydrogen-bond donors (Lipinski definition) is 1. The summed E-state index contributed by atoms with van der Waals surface area (Å²) >= 11 is 1.75. The van der Waals surface area contributed by atoms with Crippen LogP contribution in [0.1, 0.15) is 30.5 Å². The largest absolute Gasteiger partial charge is 0.494 e. The van der Waals surface area contributed by atoms with Gasteiger partial charge in [0.25, 0.3) is 0 Å². The zero-order valence-electron chi connectivity index (χ0n) is 12.1. The molecule has 1 unspecified atom stereocenters. The summed E-state index contributed by atoms with van der Waals surface area (Å²) in [5.74, 6) is 0.906. The topological polar surface area (TPSA) is 35.2 Å². The number of ether oxygens (including phenoxy) is 1. The van der Waals surface area contributed by atoms with Crippen LogP contribution in [-0.2, 0) is 0 Å². The van der Waals surface area contributed by atoms with Gasteiger partial charge in [-0.2, -0.15) is 0 Å². The lowest BCUT2D eigenvalue weighted by Crippen LogP contribution is -2.11. The van der Waals surface area contributed by atoms with Crippen molar-refractivity contribution in [1.29, 1.82) is 0 Å². The van der Waals surface area contributed by atoms with Gasteiger partial charge in [-0.3, -0.25) is 0 Å². The molecule has 2 N–H and O–H groups in total. The first-order chi connectivity index (χ1) is 10.3. The van der Waals surface area contributed by atoms with Crippen LogP contribution >= 0.6 is 11.3 Å². The van der Waals surface area contributed by atoms with Gasteiger partial charge in [-0.05, 0) is 46.5 Å². The molecule has 0 fully saturated rings. The zero-order valence-corrected chi connectivity index (χ0v) is 12.9. The van der Waals surface area contributed by atoms with Crippen LogP contribution < -0.4 is 10.5 Å². The van der Waals surface area contributed by atoms with E-state index in [4.69, 9.17) is 10.5 Å². The molecule has 2 nitrogen and oxygen atoms in total. The van der Waals surface area contributed by atoms with E-state index < -0.39 is 0 Å². The molecule has 0 spiro atoms. The summed E-state index contributed by atoms with van der Waals surface area (Å²) < 4.78 is 6.90. The minimum absolute atomic E-state index is 0.0959. The molecule has 0 radical (unpaired) electrons. The van der Waals surface area contributed by atoms with E-state index in [9.17, 15) is 0 Å². The van der Waals surface area contributed by atoms with Gasteiger partial charge in [0, 0.05) is 4.70 Å². The third-order valence-corrected chi connectivity index (χ3v) is 4.54. The van der Waals surface area contributed by atoms with E-state index in [1.165, 1.54) is 15.6 Å². The van der Waals surface area contributed by atoms with Crippen LogP contribution in [0, 0.1) is 0 Å². The molecule has 0 bridgehead atoms. The predicted molar refractivity (Wildman–Crippen MR) is 90.1 cm³/mol. The lowest BCUT2D eigenvalue weighted by Gasteiger charge is -2.12. The smallest absolute Gasteiger partial charge is 0.119 e. The monoisotopic (exact) mass is 297 g/mol. The van der Waals surface area contributed by atoms with Gasteiger partial charge < -0.3 is 10.5 Å². The quantitative estimate of drug-likeness (QED) is 0.738. The molecule has 0 saturated heterocycles. The molecular weight excluding hydrogens is 278 g/mol. The summed E-state index contributed by atoms with van der Waals surface area (Å²) in [5.41, 5.74) is 8.75. The number of fused-ring (bicyclic) bond motifs is 1. The molecule has 1 heterocycles. The second-order valence-corrected chi connectivity index (χ2v) is 5.99. The fourth-order valence-electron chi connectivity index (χ4n) is 2.41. The molecule has 1 aromatic heterocycles. The van der Waals surface area contributed by atoms with Crippen molar-refractivity contribution in [3.63, 3.8) is 0 Å². The third kappa shape index (κ3) is 2.94. The van der Waals surface area contributed by atoms with Gasteiger partial charge >= 0.3 is 0 Å². The van der Waals surface area contributed by atoms with E-state index in [1.807, 2.05) is 12.1 Å². The highest BCUT2D eigenvalue weighted by Crippen LogP contribution is 2.32. The van der Waals surface area contributed by atoms with E-state index in [-0.39, 0.29) is 6.04 Å². The van der Waals surface area contributed by atoms with Crippen molar-refractivity contribution in [3.05, 3.63) is 65.0 Å². The second-order valence-electron chi connectivity index (χ2n) is 5.08.